The highest BCUT2D eigenvalue weighted by Gasteiger charge is 2.26. The number of hydrogen-bond donors (Lipinski definition) is 1. The zero-order valence-electron chi connectivity index (χ0n) is 16.5. The number of nitrogens with zero attached hydrogens (tertiary/aromatic N) is 4. The van der Waals surface area contributed by atoms with E-state index in [1.807, 2.05) is 27.7 Å². The molecule has 0 bridgehead atoms. The molecule has 0 unspecified atom stereocenters. The molecule has 0 fully saturated rings. The minimum atomic E-state index is -0.492. The molecule has 0 amide bonds. The van der Waals surface area contributed by atoms with Crippen molar-refractivity contribution in [2.45, 2.75) is 27.7 Å². The topological polar surface area (TPSA) is 110 Å². The third-order valence-corrected chi connectivity index (χ3v) is 3.98. The number of benzene rings is 1. The molecule has 0 aliphatic heterocycles. The molecule has 9 nitrogen and oxygen atoms in total. The molecule has 0 atom stereocenters. The summed E-state index contributed by atoms with van der Waals surface area (Å²) in [7, 11) is 0. The third kappa shape index (κ3) is 5.15. The molecule has 0 radical (unpaired) electrons. The van der Waals surface area contributed by atoms with Gasteiger partial charge in [-0.3, -0.25) is 10.1 Å². The molecule has 0 saturated carbocycles. The van der Waals surface area contributed by atoms with Crippen molar-refractivity contribution in [1.29, 1.82) is 0 Å². The summed E-state index contributed by atoms with van der Waals surface area (Å²) in [6.45, 7) is 9.24. The summed E-state index contributed by atoms with van der Waals surface area (Å²) in [5, 5.41) is 14.6. The molecule has 1 N–H and O–H groups in total. The minimum Gasteiger partial charge on any atom is -0.462 e. The SMILES string of the molecule is CCN(CC)c1ncnc(Nc2ccc(C(=O)OCC(C)C)cc2)c1[N+](=O)[O-]. The number of ether oxygens (including phenoxy) is 1. The predicted octanol–water partition coefficient (Wildman–Crippen LogP) is 3.79. The second kappa shape index (κ2) is 9.63. The average molecular weight is 387 g/mol. The third-order valence-electron chi connectivity index (χ3n) is 3.98. The lowest BCUT2D eigenvalue weighted by Crippen LogP contribution is -2.24. The molecule has 9 heteroatoms. The molecule has 2 aromatic rings. The normalized spacial score (nSPS) is 10.6. The van der Waals surface area contributed by atoms with Gasteiger partial charge in [0.15, 0.2) is 0 Å². The lowest BCUT2D eigenvalue weighted by Gasteiger charge is -2.20. The van der Waals surface area contributed by atoms with Crippen molar-refractivity contribution >= 4 is 29.0 Å². The zero-order chi connectivity index (χ0) is 20.7. The van der Waals surface area contributed by atoms with Gasteiger partial charge in [0, 0.05) is 18.8 Å². The van der Waals surface area contributed by atoms with Crippen LogP contribution in [-0.4, -0.2) is 40.6 Å². The van der Waals surface area contributed by atoms with Crippen molar-refractivity contribution in [2.24, 2.45) is 5.92 Å². The molecule has 1 aromatic heterocycles. The fourth-order valence-corrected chi connectivity index (χ4v) is 2.54. The maximum atomic E-state index is 12.0. The van der Waals surface area contributed by atoms with Crippen LogP contribution in [0.2, 0.25) is 0 Å². The van der Waals surface area contributed by atoms with Gasteiger partial charge in [-0.15, -0.1) is 0 Å². The van der Waals surface area contributed by atoms with E-state index in [0.717, 1.165) is 0 Å². The van der Waals surface area contributed by atoms with Crippen LogP contribution in [0.4, 0.5) is 23.0 Å². The van der Waals surface area contributed by atoms with E-state index in [1.165, 1.54) is 6.33 Å². The molecule has 0 saturated heterocycles. The molecule has 1 aromatic carbocycles. The minimum absolute atomic E-state index is 0.0945. The van der Waals surface area contributed by atoms with Crippen molar-refractivity contribution in [3.8, 4) is 0 Å². The number of nitro groups is 1. The zero-order valence-corrected chi connectivity index (χ0v) is 16.5. The average Bonchev–Trinajstić information content (AvgIpc) is 2.67. The van der Waals surface area contributed by atoms with E-state index in [9.17, 15) is 14.9 Å². The van der Waals surface area contributed by atoms with E-state index >= 15 is 0 Å². The van der Waals surface area contributed by atoms with Gasteiger partial charge in [0.1, 0.15) is 6.33 Å². The van der Waals surface area contributed by atoms with Gasteiger partial charge in [-0.1, -0.05) is 13.8 Å². The summed E-state index contributed by atoms with van der Waals surface area (Å²) >= 11 is 0. The molecular formula is C19H25N5O4. The van der Waals surface area contributed by atoms with Gasteiger partial charge in [-0.05, 0) is 44.0 Å². The number of nitrogens with one attached hydrogen (secondary N) is 1. The first kappa shape index (κ1) is 21.1. The monoisotopic (exact) mass is 387 g/mol. The van der Waals surface area contributed by atoms with E-state index in [2.05, 4.69) is 15.3 Å². The molecule has 150 valence electrons. The summed E-state index contributed by atoms with van der Waals surface area (Å²) in [5.41, 5.74) is 0.784. The second-order valence-electron chi connectivity index (χ2n) is 6.52. The number of hydrogen-bond acceptors (Lipinski definition) is 8. The number of esters is 1. The van der Waals surface area contributed by atoms with Crippen LogP contribution in [0.5, 0.6) is 0 Å². The summed E-state index contributed by atoms with van der Waals surface area (Å²) in [4.78, 5) is 33.0. The highest BCUT2D eigenvalue weighted by atomic mass is 16.6. The number of anilines is 3. The maximum absolute atomic E-state index is 12.0. The van der Waals surface area contributed by atoms with Crippen LogP contribution in [0.3, 0.4) is 0 Å². The van der Waals surface area contributed by atoms with E-state index in [1.54, 1.807) is 29.2 Å². The molecule has 0 spiro atoms. The van der Waals surface area contributed by atoms with Gasteiger partial charge in [0.05, 0.1) is 17.1 Å². The Balaban J connectivity index is 2.24. The van der Waals surface area contributed by atoms with Crippen molar-refractivity contribution in [3.05, 3.63) is 46.3 Å². The standard InChI is InChI=1S/C19H25N5O4/c1-5-23(6-2)18-16(24(26)27)17(20-12-21-18)22-15-9-7-14(8-10-15)19(25)28-11-13(3)4/h7-10,12-13H,5-6,11H2,1-4H3,(H,20,21,22). The number of carbonyl (C=O) groups excluding carboxylic acids is 1. The molecule has 1 heterocycles. The first-order chi connectivity index (χ1) is 13.4. The Labute approximate surface area is 163 Å². The lowest BCUT2D eigenvalue weighted by molar-refractivity contribution is -0.383. The summed E-state index contributed by atoms with van der Waals surface area (Å²) in [5.74, 6) is 0.207. The largest absolute Gasteiger partial charge is 0.462 e. The lowest BCUT2D eigenvalue weighted by atomic mass is 10.2. The van der Waals surface area contributed by atoms with Crippen molar-refractivity contribution in [3.63, 3.8) is 0 Å². The number of carbonyl (C=O) groups is 1. The quantitative estimate of drug-likeness (QED) is 0.393. The van der Waals surface area contributed by atoms with Gasteiger partial charge >= 0.3 is 11.7 Å². The second-order valence-corrected chi connectivity index (χ2v) is 6.52. The molecule has 0 aliphatic rings. The van der Waals surface area contributed by atoms with Crippen LogP contribution in [0.25, 0.3) is 0 Å². The van der Waals surface area contributed by atoms with Gasteiger partial charge in [-0.2, -0.15) is 0 Å². The Bertz CT molecular complexity index is 820. The number of rotatable bonds is 9. The van der Waals surface area contributed by atoms with Crippen LogP contribution in [0.15, 0.2) is 30.6 Å². The van der Waals surface area contributed by atoms with E-state index in [0.29, 0.717) is 30.9 Å². The Kier molecular flexibility index (Phi) is 7.25. The maximum Gasteiger partial charge on any atom is 0.353 e. The summed E-state index contributed by atoms with van der Waals surface area (Å²) < 4.78 is 5.19. The van der Waals surface area contributed by atoms with Crippen molar-refractivity contribution in [2.75, 3.05) is 29.9 Å². The van der Waals surface area contributed by atoms with Crippen molar-refractivity contribution in [1.82, 2.24) is 9.97 Å². The molecule has 0 aliphatic carbocycles. The van der Waals surface area contributed by atoms with Crippen LogP contribution >= 0.6 is 0 Å². The fraction of sp³-hybridized carbons (Fsp3) is 0.421. The van der Waals surface area contributed by atoms with E-state index in [-0.39, 0.29) is 23.2 Å². The van der Waals surface area contributed by atoms with E-state index in [4.69, 9.17) is 4.74 Å². The van der Waals surface area contributed by atoms with Crippen LogP contribution in [-0.2, 0) is 4.74 Å². The Hall–Kier alpha value is -3.23. The summed E-state index contributed by atoms with van der Waals surface area (Å²) in [6, 6.07) is 6.50. The molecule has 2 rings (SSSR count). The van der Waals surface area contributed by atoms with Crippen LogP contribution in [0, 0.1) is 16.0 Å². The highest BCUT2D eigenvalue weighted by Crippen LogP contribution is 2.33. The molecular weight excluding hydrogens is 362 g/mol. The van der Waals surface area contributed by atoms with E-state index < -0.39 is 10.9 Å². The number of aromatic nitrogens is 2. The van der Waals surface area contributed by atoms with Crippen LogP contribution < -0.4 is 10.2 Å². The highest BCUT2D eigenvalue weighted by molar-refractivity contribution is 5.90. The predicted molar refractivity (Wildman–Crippen MR) is 107 cm³/mol. The molecule has 28 heavy (non-hydrogen) atoms. The van der Waals surface area contributed by atoms with Gasteiger partial charge in [0.2, 0.25) is 11.6 Å². The fourth-order valence-electron chi connectivity index (χ4n) is 2.54. The Morgan fingerprint density at radius 2 is 1.86 bits per heavy atom. The first-order valence-corrected chi connectivity index (χ1v) is 9.15. The summed E-state index contributed by atoms with van der Waals surface area (Å²) in [6.07, 6.45) is 1.29. The van der Waals surface area contributed by atoms with Crippen molar-refractivity contribution < 1.29 is 14.5 Å². The Morgan fingerprint density at radius 1 is 1.21 bits per heavy atom. The van der Waals surface area contributed by atoms with Crippen LogP contribution in [0.1, 0.15) is 38.1 Å². The van der Waals surface area contributed by atoms with Gasteiger partial charge in [-0.25, -0.2) is 14.8 Å². The van der Waals surface area contributed by atoms with Gasteiger partial charge < -0.3 is 15.0 Å². The smallest absolute Gasteiger partial charge is 0.353 e. The first-order valence-electron chi connectivity index (χ1n) is 9.15. The Morgan fingerprint density at radius 3 is 2.39 bits per heavy atom. The van der Waals surface area contributed by atoms with Gasteiger partial charge in [0.25, 0.3) is 0 Å².